The van der Waals surface area contributed by atoms with Crippen LogP contribution in [0.4, 0.5) is 0 Å². The summed E-state index contributed by atoms with van der Waals surface area (Å²) in [6.45, 7) is 0. The van der Waals surface area contributed by atoms with E-state index in [0.29, 0.717) is 0 Å². The number of rotatable bonds is 4. The maximum Gasteiger partial charge on any atom is 0.0547 e. The fourth-order valence-corrected chi connectivity index (χ4v) is 8.54. The quantitative estimate of drug-likeness (QED) is 0.166. The highest BCUT2D eigenvalue weighted by Gasteiger charge is 2.17. The van der Waals surface area contributed by atoms with Crippen LogP contribution in [-0.2, 0) is 0 Å². The number of fused-ring (bicyclic) bond motifs is 9. The van der Waals surface area contributed by atoms with Gasteiger partial charge in [-0.3, -0.25) is 0 Å². The van der Waals surface area contributed by atoms with Crippen LogP contribution in [0.5, 0.6) is 0 Å². The Bertz CT molecular complexity index is 3180. The van der Waals surface area contributed by atoms with Crippen LogP contribution in [0.3, 0.4) is 0 Å². The zero-order valence-corrected chi connectivity index (χ0v) is 28.4. The van der Waals surface area contributed by atoms with E-state index >= 15 is 0 Å². The molecule has 2 aromatic heterocycles. The van der Waals surface area contributed by atoms with E-state index in [2.05, 4.69) is 203 Å². The lowest BCUT2D eigenvalue weighted by Crippen LogP contribution is -1.95. The predicted octanol–water partition coefficient (Wildman–Crippen LogP) is 13.5. The molecule has 0 N–H and O–H groups in total. The summed E-state index contributed by atoms with van der Waals surface area (Å²) in [7, 11) is 0. The molecule has 0 atom stereocenters. The number of hydrogen-bond donors (Lipinski definition) is 0. The monoisotopic (exact) mass is 660 g/mol. The van der Waals surface area contributed by atoms with Crippen LogP contribution in [-0.4, -0.2) is 9.13 Å². The maximum atomic E-state index is 2.45. The Kier molecular flexibility index (Phi) is 6.28. The van der Waals surface area contributed by atoms with Crippen LogP contribution in [0.1, 0.15) is 0 Å². The van der Waals surface area contributed by atoms with Crippen molar-refractivity contribution in [2.45, 2.75) is 0 Å². The zero-order valence-electron chi connectivity index (χ0n) is 28.4. The molecular weight excluding hydrogens is 629 g/mol. The third-order valence-electron chi connectivity index (χ3n) is 10.9. The predicted molar refractivity (Wildman–Crippen MR) is 221 cm³/mol. The molecule has 0 aliphatic rings. The third kappa shape index (κ3) is 4.31. The molecule has 0 unspecified atom stereocenters. The van der Waals surface area contributed by atoms with Crippen LogP contribution in [0.2, 0.25) is 0 Å². The van der Waals surface area contributed by atoms with Crippen LogP contribution in [0.15, 0.2) is 194 Å². The van der Waals surface area contributed by atoms with Gasteiger partial charge in [-0.05, 0) is 104 Å². The smallest absolute Gasteiger partial charge is 0.0547 e. The second-order valence-corrected chi connectivity index (χ2v) is 13.7. The topological polar surface area (TPSA) is 9.86 Å². The van der Waals surface area contributed by atoms with Gasteiger partial charge in [0.1, 0.15) is 0 Å². The van der Waals surface area contributed by atoms with E-state index in [9.17, 15) is 0 Å². The Morgan fingerprint density at radius 1 is 0.250 bits per heavy atom. The van der Waals surface area contributed by atoms with Crippen molar-refractivity contribution in [2.75, 3.05) is 0 Å². The summed E-state index contributed by atoms with van der Waals surface area (Å²) in [5.41, 5.74) is 12.0. The summed E-state index contributed by atoms with van der Waals surface area (Å²) in [6, 6.07) is 71.0. The molecule has 52 heavy (non-hydrogen) atoms. The summed E-state index contributed by atoms with van der Waals surface area (Å²) in [5.74, 6) is 0. The largest absolute Gasteiger partial charge is 0.309 e. The van der Waals surface area contributed by atoms with Gasteiger partial charge in [0.15, 0.2) is 0 Å². The lowest BCUT2D eigenvalue weighted by molar-refractivity contribution is 1.18. The fourth-order valence-electron chi connectivity index (χ4n) is 8.54. The molecule has 0 saturated carbocycles. The lowest BCUT2D eigenvalue weighted by atomic mass is 9.93. The molecule has 242 valence electrons. The molecule has 0 radical (unpaired) electrons. The molecule has 2 nitrogen and oxygen atoms in total. The molecule has 11 rings (SSSR count). The molecule has 0 amide bonds. The summed E-state index contributed by atoms with van der Waals surface area (Å²) < 4.78 is 4.82. The van der Waals surface area contributed by atoms with Crippen molar-refractivity contribution in [1.29, 1.82) is 0 Å². The first-order valence-electron chi connectivity index (χ1n) is 17.9. The standard InChI is InChI=1S/C50H32N2/c1-2-15-37(16-3-1)51-48-24-11-9-22-43(48)46-30-33(26-28-49(46)51)34-25-27-44-42-21-8-10-23-47(42)52(50(44)32-34)38-17-12-14-35(29-38)45-31-36-13-4-5-18-39(36)40-19-6-7-20-41(40)45/h1-32H. The highest BCUT2D eigenvalue weighted by atomic mass is 15.0. The Labute approximate surface area is 301 Å². The first-order chi connectivity index (χ1) is 25.8. The molecule has 2 heterocycles. The van der Waals surface area contributed by atoms with Crippen LogP contribution in [0.25, 0.3) is 98.8 Å². The van der Waals surface area contributed by atoms with Gasteiger partial charge in [0.05, 0.1) is 22.1 Å². The molecule has 0 fully saturated rings. The van der Waals surface area contributed by atoms with E-state index in [1.165, 1.54) is 93.1 Å². The van der Waals surface area contributed by atoms with E-state index in [-0.39, 0.29) is 0 Å². The molecule has 2 heteroatoms. The summed E-state index contributed by atoms with van der Waals surface area (Å²) in [5, 5.41) is 10.1. The molecule has 0 aliphatic carbocycles. The fraction of sp³-hybridized carbons (Fsp3) is 0. The highest BCUT2D eigenvalue weighted by molar-refractivity contribution is 6.15. The van der Waals surface area contributed by atoms with Crippen LogP contribution < -0.4 is 0 Å². The van der Waals surface area contributed by atoms with Crippen molar-refractivity contribution in [2.24, 2.45) is 0 Å². The number of benzene rings is 9. The van der Waals surface area contributed by atoms with E-state index in [0.717, 1.165) is 5.69 Å². The summed E-state index contributed by atoms with van der Waals surface area (Å²) >= 11 is 0. The Morgan fingerprint density at radius 2 is 0.808 bits per heavy atom. The Hall–Kier alpha value is -6.90. The van der Waals surface area contributed by atoms with Gasteiger partial charge < -0.3 is 9.13 Å². The minimum atomic E-state index is 1.15. The van der Waals surface area contributed by atoms with E-state index in [1.807, 2.05) is 0 Å². The van der Waals surface area contributed by atoms with E-state index in [4.69, 9.17) is 0 Å². The second-order valence-electron chi connectivity index (χ2n) is 13.7. The van der Waals surface area contributed by atoms with Gasteiger partial charge in [-0.25, -0.2) is 0 Å². The van der Waals surface area contributed by atoms with Gasteiger partial charge in [-0.1, -0.05) is 133 Å². The SMILES string of the molecule is c1ccc(-n2c3ccccc3c3cc(-c4ccc5c6ccccc6n(-c6cccc(-c7cc8ccccc8c8ccccc78)c6)c5c4)ccc32)cc1. The van der Waals surface area contributed by atoms with Gasteiger partial charge in [-0.2, -0.15) is 0 Å². The maximum absolute atomic E-state index is 2.45. The minimum absolute atomic E-state index is 1.15. The van der Waals surface area contributed by atoms with Crippen molar-refractivity contribution in [1.82, 2.24) is 9.13 Å². The summed E-state index contributed by atoms with van der Waals surface area (Å²) in [4.78, 5) is 0. The average Bonchev–Trinajstić information content (AvgIpc) is 3.73. The van der Waals surface area contributed by atoms with Crippen LogP contribution >= 0.6 is 0 Å². The van der Waals surface area contributed by atoms with Crippen molar-refractivity contribution < 1.29 is 0 Å². The van der Waals surface area contributed by atoms with Gasteiger partial charge in [-0.15, -0.1) is 0 Å². The minimum Gasteiger partial charge on any atom is -0.309 e. The number of para-hydroxylation sites is 3. The molecule has 9 aromatic carbocycles. The van der Waals surface area contributed by atoms with Gasteiger partial charge >= 0.3 is 0 Å². The van der Waals surface area contributed by atoms with Crippen molar-refractivity contribution in [3.8, 4) is 33.6 Å². The summed E-state index contributed by atoms with van der Waals surface area (Å²) in [6.07, 6.45) is 0. The molecule has 0 bridgehead atoms. The first-order valence-corrected chi connectivity index (χ1v) is 17.9. The Balaban J connectivity index is 1.11. The van der Waals surface area contributed by atoms with Gasteiger partial charge in [0.2, 0.25) is 0 Å². The number of hydrogen-bond acceptors (Lipinski definition) is 0. The lowest BCUT2D eigenvalue weighted by Gasteiger charge is -2.14. The molecular formula is C50H32N2. The highest BCUT2D eigenvalue weighted by Crippen LogP contribution is 2.40. The molecule has 11 aromatic rings. The van der Waals surface area contributed by atoms with Crippen LogP contribution in [0, 0.1) is 0 Å². The van der Waals surface area contributed by atoms with Crippen molar-refractivity contribution in [3.05, 3.63) is 194 Å². The first kappa shape index (κ1) is 28.9. The average molecular weight is 661 g/mol. The van der Waals surface area contributed by atoms with Crippen molar-refractivity contribution in [3.63, 3.8) is 0 Å². The van der Waals surface area contributed by atoms with E-state index < -0.39 is 0 Å². The van der Waals surface area contributed by atoms with Gasteiger partial charge in [0, 0.05) is 32.9 Å². The second kappa shape index (κ2) is 11.3. The zero-order chi connectivity index (χ0) is 34.2. The van der Waals surface area contributed by atoms with E-state index in [1.54, 1.807) is 0 Å². The third-order valence-corrected chi connectivity index (χ3v) is 10.9. The Morgan fingerprint density at radius 3 is 1.62 bits per heavy atom. The number of aromatic nitrogens is 2. The molecule has 0 saturated heterocycles. The molecule has 0 aliphatic heterocycles. The van der Waals surface area contributed by atoms with Crippen molar-refractivity contribution >= 4 is 65.2 Å². The number of nitrogens with zero attached hydrogens (tertiary/aromatic N) is 2. The normalized spacial score (nSPS) is 11.8. The molecule has 0 spiro atoms. The van der Waals surface area contributed by atoms with Gasteiger partial charge in [0.25, 0.3) is 0 Å².